The molecule has 0 amide bonds. The quantitative estimate of drug-likeness (QED) is 0.591. The first-order chi connectivity index (χ1) is 14.2. The second kappa shape index (κ2) is 7.61. The Hall–Kier alpha value is -1.99. The van der Waals surface area contributed by atoms with Crippen LogP contribution in [0, 0.1) is 12.8 Å². The number of hydrogen-bond acceptors (Lipinski definition) is 4. The van der Waals surface area contributed by atoms with Crippen molar-refractivity contribution in [1.29, 1.82) is 0 Å². The van der Waals surface area contributed by atoms with Crippen molar-refractivity contribution in [3.63, 3.8) is 0 Å². The van der Waals surface area contributed by atoms with Crippen molar-refractivity contribution >= 4 is 31.6 Å². The lowest BCUT2D eigenvalue weighted by Gasteiger charge is -2.49. The molecule has 2 aliphatic rings. The summed E-state index contributed by atoms with van der Waals surface area (Å²) in [6.07, 6.45) is 4.00. The molecule has 0 aromatic heterocycles. The largest absolute Gasteiger partial charge is 0.497 e. The van der Waals surface area contributed by atoms with Gasteiger partial charge in [-0.3, -0.25) is 4.31 Å². The number of ether oxygens (including phenoxy) is 2. The highest BCUT2D eigenvalue weighted by Gasteiger charge is 2.50. The van der Waals surface area contributed by atoms with E-state index < -0.39 is 10.0 Å². The van der Waals surface area contributed by atoms with Crippen molar-refractivity contribution in [2.45, 2.75) is 37.0 Å². The number of benzene rings is 2. The van der Waals surface area contributed by atoms with Gasteiger partial charge in [-0.15, -0.1) is 0 Å². The van der Waals surface area contributed by atoms with Crippen LogP contribution in [0.25, 0.3) is 0 Å². The second-order valence-electron chi connectivity index (χ2n) is 8.17. The van der Waals surface area contributed by atoms with Gasteiger partial charge in [0.2, 0.25) is 0 Å². The number of nitrogens with zero attached hydrogens (tertiary/aromatic N) is 1. The second-order valence-corrected chi connectivity index (χ2v) is 10.9. The van der Waals surface area contributed by atoms with E-state index in [1.54, 1.807) is 26.4 Å². The first-order valence-electron chi connectivity index (χ1n) is 9.94. The van der Waals surface area contributed by atoms with Crippen LogP contribution in [0.4, 0.5) is 5.69 Å². The summed E-state index contributed by atoms with van der Waals surface area (Å²) >= 11 is 3.73. The Labute approximate surface area is 186 Å². The normalized spacial score (nSPS) is 23.3. The number of allylic oxidation sites excluding steroid dienone is 1. The number of anilines is 1. The van der Waals surface area contributed by atoms with E-state index in [0.717, 1.165) is 28.5 Å². The molecule has 0 radical (unpaired) electrons. The van der Waals surface area contributed by atoms with Gasteiger partial charge >= 0.3 is 0 Å². The van der Waals surface area contributed by atoms with Crippen LogP contribution in [0.3, 0.4) is 0 Å². The lowest BCUT2D eigenvalue weighted by Crippen LogP contribution is -2.50. The molecule has 0 N–H and O–H groups in total. The van der Waals surface area contributed by atoms with Gasteiger partial charge < -0.3 is 9.47 Å². The number of methoxy groups -OCH3 is 2. The Kier molecular flexibility index (Phi) is 5.39. The third-order valence-electron chi connectivity index (χ3n) is 6.41. The molecule has 0 fully saturated rings. The molecule has 1 heterocycles. The lowest BCUT2D eigenvalue weighted by atomic mass is 9.64. The zero-order valence-corrected chi connectivity index (χ0v) is 20.0. The number of fused-ring (bicyclic) bond motifs is 3. The minimum atomic E-state index is -3.77. The molecule has 1 aliphatic heterocycles. The fourth-order valence-corrected chi connectivity index (χ4v) is 7.04. The van der Waals surface area contributed by atoms with E-state index in [4.69, 9.17) is 9.47 Å². The van der Waals surface area contributed by atoms with Crippen molar-refractivity contribution in [3.8, 4) is 11.5 Å². The number of hydrogen-bond donors (Lipinski definition) is 0. The highest BCUT2D eigenvalue weighted by Crippen LogP contribution is 2.56. The van der Waals surface area contributed by atoms with Crippen molar-refractivity contribution in [1.82, 2.24) is 0 Å². The van der Waals surface area contributed by atoms with E-state index in [-0.39, 0.29) is 16.2 Å². The van der Waals surface area contributed by atoms with Crippen molar-refractivity contribution < 1.29 is 17.9 Å². The molecule has 2 aromatic rings. The van der Waals surface area contributed by atoms with Crippen LogP contribution in [0.15, 0.2) is 51.9 Å². The molecule has 0 spiro atoms. The summed E-state index contributed by atoms with van der Waals surface area (Å²) in [5.41, 5.74) is 2.32. The molecule has 1 aliphatic carbocycles. The molecule has 0 unspecified atom stereocenters. The van der Waals surface area contributed by atoms with Crippen molar-refractivity contribution in [2.24, 2.45) is 5.92 Å². The number of rotatable bonds is 4. The van der Waals surface area contributed by atoms with E-state index in [0.29, 0.717) is 23.7 Å². The molecule has 0 saturated heterocycles. The van der Waals surface area contributed by atoms with Crippen LogP contribution in [0.1, 0.15) is 30.9 Å². The molecule has 4 rings (SSSR count). The monoisotopic (exact) mass is 491 g/mol. The maximum Gasteiger partial charge on any atom is 0.264 e. The molecule has 0 bridgehead atoms. The number of sulfonamides is 1. The van der Waals surface area contributed by atoms with Gasteiger partial charge in [0, 0.05) is 35.6 Å². The summed E-state index contributed by atoms with van der Waals surface area (Å²) in [5.74, 6) is 1.23. The Morgan fingerprint density at radius 3 is 2.47 bits per heavy atom. The predicted molar refractivity (Wildman–Crippen MR) is 122 cm³/mol. The van der Waals surface area contributed by atoms with Crippen LogP contribution in [0.2, 0.25) is 0 Å². The SMILES string of the molecule is COc1cc(OC)c2c(c1)N(S(=O)(=O)c1ccc(C)cc1)C[C@H]1C(Br)=CCC[C@]21C. The molecule has 0 saturated carbocycles. The van der Waals surface area contributed by atoms with Gasteiger partial charge in [-0.25, -0.2) is 8.42 Å². The fraction of sp³-hybridized carbons (Fsp3) is 0.391. The summed E-state index contributed by atoms with van der Waals surface area (Å²) < 4.78 is 41.3. The third-order valence-corrected chi connectivity index (χ3v) is 9.08. The summed E-state index contributed by atoms with van der Waals surface area (Å²) in [7, 11) is -0.573. The van der Waals surface area contributed by atoms with Gasteiger partial charge in [0.25, 0.3) is 10.0 Å². The van der Waals surface area contributed by atoms with E-state index >= 15 is 0 Å². The highest BCUT2D eigenvalue weighted by molar-refractivity contribution is 9.11. The first kappa shape index (κ1) is 21.2. The van der Waals surface area contributed by atoms with Crippen LogP contribution < -0.4 is 13.8 Å². The summed E-state index contributed by atoms with van der Waals surface area (Å²) in [6.45, 7) is 4.50. The lowest BCUT2D eigenvalue weighted by molar-refractivity contribution is 0.286. The maximum absolute atomic E-state index is 13.8. The van der Waals surface area contributed by atoms with Gasteiger partial charge in [0.05, 0.1) is 24.8 Å². The topological polar surface area (TPSA) is 55.8 Å². The Balaban J connectivity index is 1.99. The number of halogens is 1. The van der Waals surface area contributed by atoms with Gasteiger partial charge in [-0.1, -0.05) is 46.6 Å². The minimum Gasteiger partial charge on any atom is -0.497 e. The average molecular weight is 492 g/mol. The van der Waals surface area contributed by atoms with Crippen LogP contribution in [-0.4, -0.2) is 29.2 Å². The average Bonchev–Trinajstić information content (AvgIpc) is 2.72. The summed E-state index contributed by atoms with van der Waals surface area (Å²) in [6, 6.07) is 10.6. The summed E-state index contributed by atoms with van der Waals surface area (Å²) in [5, 5.41) is 0. The van der Waals surface area contributed by atoms with Crippen LogP contribution in [0.5, 0.6) is 11.5 Å². The Bertz CT molecular complexity index is 1110. The third kappa shape index (κ3) is 3.23. The molecule has 7 heteroatoms. The van der Waals surface area contributed by atoms with Crippen LogP contribution in [-0.2, 0) is 15.4 Å². The van der Waals surface area contributed by atoms with Crippen molar-refractivity contribution in [3.05, 3.63) is 58.1 Å². The molecular weight excluding hydrogens is 466 g/mol. The van der Waals surface area contributed by atoms with Gasteiger partial charge in [0.1, 0.15) is 11.5 Å². The zero-order chi connectivity index (χ0) is 21.7. The molecule has 5 nitrogen and oxygen atoms in total. The minimum absolute atomic E-state index is 0.00117. The maximum atomic E-state index is 13.8. The molecule has 160 valence electrons. The van der Waals surface area contributed by atoms with Gasteiger partial charge in [-0.2, -0.15) is 0 Å². The molecule has 2 aromatic carbocycles. The standard InChI is InChI=1S/C23H26BrNO4S/c1-15-7-9-17(10-8-15)30(26,27)25-14-18-19(24)6-5-11-23(18,2)22-20(25)12-16(28-3)13-21(22)29-4/h6-10,12-13,18H,5,11,14H2,1-4H3/t18-,23-/m0/s1. The zero-order valence-electron chi connectivity index (χ0n) is 17.6. The summed E-state index contributed by atoms with van der Waals surface area (Å²) in [4.78, 5) is 0.278. The van der Waals surface area contributed by atoms with Gasteiger partial charge in [-0.05, 0) is 36.4 Å². The first-order valence-corrected chi connectivity index (χ1v) is 12.2. The molecule has 30 heavy (non-hydrogen) atoms. The molecular formula is C23H26BrNO4S. The van der Waals surface area contributed by atoms with Crippen LogP contribution >= 0.6 is 15.9 Å². The number of aryl methyl sites for hydroxylation is 1. The van der Waals surface area contributed by atoms with E-state index in [1.165, 1.54) is 4.31 Å². The van der Waals surface area contributed by atoms with E-state index in [2.05, 4.69) is 28.9 Å². The fourth-order valence-electron chi connectivity index (χ4n) is 4.67. The highest BCUT2D eigenvalue weighted by atomic mass is 79.9. The smallest absolute Gasteiger partial charge is 0.264 e. The Morgan fingerprint density at radius 2 is 1.83 bits per heavy atom. The Morgan fingerprint density at radius 1 is 1.13 bits per heavy atom. The van der Waals surface area contributed by atoms with E-state index in [1.807, 2.05) is 31.2 Å². The molecule has 2 atom stereocenters. The van der Waals surface area contributed by atoms with Crippen molar-refractivity contribution in [2.75, 3.05) is 25.1 Å². The van der Waals surface area contributed by atoms with Gasteiger partial charge in [0.15, 0.2) is 0 Å². The van der Waals surface area contributed by atoms with E-state index in [9.17, 15) is 8.42 Å². The predicted octanol–water partition coefficient (Wildman–Crippen LogP) is 5.17.